The van der Waals surface area contributed by atoms with E-state index < -0.39 is 11.7 Å². The normalized spacial score (nSPS) is 18.6. The molecule has 1 N–H and O–H groups in total. The molecule has 0 aliphatic carbocycles. The van der Waals surface area contributed by atoms with Crippen molar-refractivity contribution in [2.45, 2.75) is 38.9 Å². The smallest absolute Gasteiger partial charge is 0.368 e. The SMILES string of the molecule is Cc1ccc(-c2ncccn2)c(C(=O)N2CCC[C@@H](C)C2CNc2ccc(C(F)(F)F)cn2)n1. The van der Waals surface area contributed by atoms with Gasteiger partial charge < -0.3 is 10.2 Å². The van der Waals surface area contributed by atoms with Gasteiger partial charge in [-0.25, -0.2) is 19.9 Å². The first-order valence-corrected chi connectivity index (χ1v) is 11.1. The lowest BCUT2D eigenvalue weighted by molar-refractivity contribution is -0.137. The highest BCUT2D eigenvalue weighted by Gasteiger charge is 2.34. The number of aromatic nitrogens is 4. The number of rotatable bonds is 5. The molecule has 1 aliphatic rings. The standard InChI is InChI=1S/C24H25F3N6O/c1-15-5-3-12-33(19(15)14-31-20-9-7-17(13-30-20)24(25,26)27)23(34)21-18(8-6-16(2)32-21)22-28-10-4-11-29-22/h4,6-11,13,15,19H,3,5,12,14H2,1-2H3,(H,30,31)/t15-,19?/m1/s1. The number of hydrogen-bond donors (Lipinski definition) is 1. The fourth-order valence-electron chi connectivity index (χ4n) is 4.16. The highest BCUT2D eigenvalue weighted by molar-refractivity contribution is 5.98. The number of anilines is 1. The lowest BCUT2D eigenvalue weighted by Crippen LogP contribution is -2.51. The molecule has 7 nitrogen and oxygen atoms in total. The number of nitrogens with one attached hydrogen (secondary N) is 1. The van der Waals surface area contributed by atoms with Gasteiger partial charge in [0.15, 0.2) is 5.82 Å². The summed E-state index contributed by atoms with van der Waals surface area (Å²) in [7, 11) is 0. The fraction of sp³-hybridized carbons (Fsp3) is 0.375. The van der Waals surface area contributed by atoms with Gasteiger partial charge in [-0.2, -0.15) is 13.2 Å². The van der Waals surface area contributed by atoms with Crippen molar-refractivity contribution in [3.05, 3.63) is 65.9 Å². The maximum Gasteiger partial charge on any atom is 0.417 e. The first kappa shape index (κ1) is 23.6. The van der Waals surface area contributed by atoms with Crippen molar-refractivity contribution in [3.8, 4) is 11.4 Å². The monoisotopic (exact) mass is 470 g/mol. The van der Waals surface area contributed by atoms with Crippen molar-refractivity contribution >= 4 is 11.7 Å². The maximum atomic E-state index is 13.7. The molecule has 10 heteroatoms. The van der Waals surface area contributed by atoms with Gasteiger partial charge in [-0.05, 0) is 56.0 Å². The molecule has 178 valence electrons. The largest absolute Gasteiger partial charge is 0.417 e. The molecule has 3 aromatic heterocycles. The second-order valence-electron chi connectivity index (χ2n) is 8.42. The molecule has 1 fully saturated rings. The van der Waals surface area contributed by atoms with Crippen molar-refractivity contribution in [1.29, 1.82) is 0 Å². The molecule has 0 saturated carbocycles. The van der Waals surface area contributed by atoms with Crippen LogP contribution in [0.2, 0.25) is 0 Å². The van der Waals surface area contributed by atoms with Gasteiger partial charge in [0, 0.05) is 37.4 Å². The second-order valence-corrected chi connectivity index (χ2v) is 8.42. The predicted octanol–water partition coefficient (Wildman–Crippen LogP) is 4.61. The van der Waals surface area contributed by atoms with Crippen LogP contribution in [0.1, 0.15) is 41.5 Å². The number of amides is 1. The van der Waals surface area contributed by atoms with Gasteiger partial charge in [0.1, 0.15) is 11.5 Å². The van der Waals surface area contributed by atoms with Crippen LogP contribution in [-0.2, 0) is 6.18 Å². The third-order valence-corrected chi connectivity index (χ3v) is 6.00. The number of hydrogen-bond acceptors (Lipinski definition) is 6. The fourth-order valence-corrected chi connectivity index (χ4v) is 4.16. The number of alkyl halides is 3. The van der Waals surface area contributed by atoms with E-state index in [2.05, 4.69) is 32.2 Å². The zero-order valence-electron chi connectivity index (χ0n) is 18.9. The Morgan fingerprint density at radius 2 is 1.91 bits per heavy atom. The summed E-state index contributed by atoms with van der Waals surface area (Å²) in [6.07, 6.45) is 1.38. The van der Waals surface area contributed by atoms with E-state index >= 15 is 0 Å². The van der Waals surface area contributed by atoms with E-state index in [1.807, 2.05) is 13.0 Å². The number of halogens is 3. The minimum atomic E-state index is -4.44. The van der Waals surface area contributed by atoms with Gasteiger partial charge in [-0.15, -0.1) is 0 Å². The summed E-state index contributed by atoms with van der Waals surface area (Å²) in [5.74, 6) is 0.711. The van der Waals surface area contributed by atoms with Crippen LogP contribution in [-0.4, -0.2) is 49.9 Å². The quantitative estimate of drug-likeness (QED) is 0.586. The number of nitrogens with zero attached hydrogens (tertiary/aromatic N) is 5. The molecule has 0 radical (unpaired) electrons. The van der Waals surface area contributed by atoms with Gasteiger partial charge in [0.05, 0.1) is 17.2 Å². The van der Waals surface area contributed by atoms with Crippen LogP contribution in [0.15, 0.2) is 48.9 Å². The Balaban J connectivity index is 1.57. The Bertz CT molecular complexity index is 1140. The van der Waals surface area contributed by atoms with E-state index in [4.69, 9.17) is 0 Å². The second kappa shape index (κ2) is 9.74. The third kappa shape index (κ3) is 5.16. The molecule has 0 spiro atoms. The van der Waals surface area contributed by atoms with E-state index in [0.29, 0.717) is 36.0 Å². The Kier molecular flexibility index (Phi) is 6.76. The number of aryl methyl sites for hydroxylation is 1. The summed E-state index contributed by atoms with van der Waals surface area (Å²) >= 11 is 0. The Labute approximate surface area is 195 Å². The molecule has 2 atom stereocenters. The Morgan fingerprint density at radius 1 is 1.15 bits per heavy atom. The van der Waals surface area contributed by atoms with Crippen LogP contribution in [0.3, 0.4) is 0 Å². The number of carbonyl (C=O) groups excluding carboxylic acids is 1. The zero-order valence-corrected chi connectivity index (χ0v) is 18.9. The van der Waals surface area contributed by atoms with E-state index in [1.54, 1.807) is 29.4 Å². The van der Waals surface area contributed by atoms with Crippen LogP contribution >= 0.6 is 0 Å². The summed E-state index contributed by atoms with van der Waals surface area (Å²) in [5, 5.41) is 3.10. The molecule has 34 heavy (non-hydrogen) atoms. The molecule has 4 rings (SSSR count). The summed E-state index contributed by atoms with van der Waals surface area (Å²) in [6, 6.07) is 7.43. The van der Waals surface area contributed by atoms with Crippen molar-refractivity contribution in [2.24, 2.45) is 5.92 Å². The topological polar surface area (TPSA) is 83.9 Å². The number of likely N-dealkylation sites (tertiary alicyclic amines) is 1. The molecule has 1 unspecified atom stereocenters. The van der Waals surface area contributed by atoms with Crippen molar-refractivity contribution in [3.63, 3.8) is 0 Å². The van der Waals surface area contributed by atoms with E-state index in [1.165, 1.54) is 6.07 Å². The van der Waals surface area contributed by atoms with Gasteiger partial charge >= 0.3 is 6.18 Å². The zero-order chi connectivity index (χ0) is 24.3. The Morgan fingerprint density at radius 3 is 2.59 bits per heavy atom. The number of carbonyl (C=O) groups is 1. The minimum Gasteiger partial charge on any atom is -0.368 e. The van der Waals surface area contributed by atoms with Crippen molar-refractivity contribution in [2.75, 3.05) is 18.4 Å². The first-order chi connectivity index (χ1) is 16.2. The summed E-state index contributed by atoms with van der Waals surface area (Å²) in [5.41, 5.74) is 0.752. The molecule has 0 aromatic carbocycles. The van der Waals surface area contributed by atoms with Crippen molar-refractivity contribution < 1.29 is 18.0 Å². The number of piperidine rings is 1. The summed E-state index contributed by atoms with van der Waals surface area (Å²) in [4.78, 5) is 32.5. The van der Waals surface area contributed by atoms with Gasteiger partial charge in [-0.1, -0.05) is 6.92 Å². The third-order valence-electron chi connectivity index (χ3n) is 6.00. The van der Waals surface area contributed by atoms with Crippen LogP contribution in [0, 0.1) is 12.8 Å². The molecule has 1 amide bonds. The molecule has 1 saturated heterocycles. The average Bonchev–Trinajstić information content (AvgIpc) is 2.83. The Hall–Kier alpha value is -3.56. The van der Waals surface area contributed by atoms with Gasteiger partial charge in [0.2, 0.25) is 0 Å². The predicted molar refractivity (Wildman–Crippen MR) is 121 cm³/mol. The van der Waals surface area contributed by atoms with Crippen LogP contribution in [0.25, 0.3) is 11.4 Å². The van der Waals surface area contributed by atoms with Crippen molar-refractivity contribution in [1.82, 2.24) is 24.8 Å². The van der Waals surface area contributed by atoms with E-state index in [-0.39, 0.29) is 23.6 Å². The van der Waals surface area contributed by atoms with Gasteiger partial charge in [0.25, 0.3) is 5.91 Å². The number of pyridine rings is 2. The molecular weight excluding hydrogens is 445 g/mol. The van der Waals surface area contributed by atoms with Crippen LogP contribution in [0.5, 0.6) is 0 Å². The highest BCUT2D eigenvalue weighted by atomic mass is 19.4. The molecule has 3 aromatic rings. The molecule has 0 bridgehead atoms. The summed E-state index contributed by atoms with van der Waals surface area (Å²) in [6.45, 7) is 4.80. The maximum absolute atomic E-state index is 13.7. The minimum absolute atomic E-state index is 0.181. The van der Waals surface area contributed by atoms with E-state index in [0.717, 1.165) is 25.1 Å². The van der Waals surface area contributed by atoms with E-state index in [9.17, 15) is 18.0 Å². The highest BCUT2D eigenvalue weighted by Crippen LogP contribution is 2.30. The lowest BCUT2D eigenvalue weighted by atomic mass is 9.90. The summed E-state index contributed by atoms with van der Waals surface area (Å²) < 4.78 is 38.4. The van der Waals surface area contributed by atoms with Gasteiger partial charge in [-0.3, -0.25) is 4.79 Å². The van der Waals surface area contributed by atoms with Crippen LogP contribution in [0.4, 0.5) is 19.0 Å². The first-order valence-electron chi connectivity index (χ1n) is 11.1. The molecule has 4 heterocycles. The lowest BCUT2D eigenvalue weighted by Gasteiger charge is -2.40. The van der Waals surface area contributed by atoms with Crippen LogP contribution < -0.4 is 5.32 Å². The molecular formula is C24H25F3N6O. The molecule has 1 aliphatic heterocycles. The average molecular weight is 470 g/mol.